The van der Waals surface area contributed by atoms with Crippen LogP contribution in [0.1, 0.15) is 85.0 Å². The first-order valence-electron chi connectivity index (χ1n) is 14.5. The Balaban J connectivity index is 1.43. The first kappa shape index (κ1) is 29.3. The van der Waals surface area contributed by atoms with Crippen LogP contribution in [0.2, 0.25) is 0 Å². The monoisotopic (exact) mass is 559 g/mol. The molecule has 0 spiro atoms. The highest BCUT2D eigenvalue weighted by Crippen LogP contribution is 2.68. The highest BCUT2D eigenvalue weighted by atomic mass is 35.5. The predicted molar refractivity (Wildman–Crippen MR) is 146 cm³/mol. The van der Waals surface area contributed by atoms with Gasteiger partial charge >= 0.3 is 12.1 Å². The number of fused-ring (bicyclic) bond motifs is 5. The molecule has 0 heterocycles. The Morgan fingerprint density at radius 1 is 1.03 bits per heavy atom. The molecule has 0 aromatic heterocycles. The number of halogens is 2. The third-order valence-corrected chi connectivity index (χ3v) is 11.9. The van der Waals surface area contributed by atoms with Gasteiger partial charge in [0.25, 0.3) is 0 Å². The topological polar surface area (TPSA) is 87.1 Å². The molecule has 0 unspecified atom stereocenters. The number of nitrogens with zero attached hydrogens (tertiary/aromatic N) is 1. The summed E-state index contributed by atoms with van der Waals surface area (Å²) in [5, 5.41) is 20.9. The van der Waals surface area contributed by atoms with Crippen LogP contribution in [0.3, 0.4) is 0 Å². The Hall–Kier alpha value is -0.720. The lowest BCUT2D eigenvalue weighted by Crippen LogP contribution is -2.59. The minimum absolute atomic E-state index is 0.0694. The van der Waals surface area contributed by atoms with E-state index in [1.807, 2.05) is 0 Å². The van der Waals surface area contributed by atoms with Crippen molar-refractivity contribution in [3.8, 4) is 0 Å². The highest BCUT2D eigenvalue weighted by Gasteiger charge is 2.63. The van der Waals surface area contributed by atoms with E-state index >= 15 is 0 Å². The highest BCUT2D eigenvalue weighted by molar-refractivity contribution is 6.18. The summed E-state index contributed by atoms with van der Waals surface area (Å²) in [7, 11) is 0. The standard InChI is InChI=1S/C29H47Cl2NO5/c1-18(4-9-26(34)35)22-7-8-23-21-6-5-19-16-20(37-27(36)32(14-12-30)15-13-31)10-11-28(19,2)24(21)17-25(33)29(22,23)3/h18-25,33H,4-17H2,1-3H3,(H,34,35)/t18-,19-,20-,21+,22-,23+,24+,25+,28+,29-/m1/s1. The van der Waals surface area contributed by atoms with Gasteiger partial charge < -0.3 is 19.8 Å². The van der Waals surface area contributed by atoms with Crippen LogP contribution in [0, 0.1) is 46.3 Å². The van der Waals surface area contributed by atoms with E-state index in [4.69, 9.17) is 27.9 Å². The van der Waals surface area contributed by atoms with Crippen molar-refractivity contribution in [2.24, 2.45) is 46.3 Å². The van der Waals surface area contributed by atoms with Gasteiger partial charge in [-0.2, -0.15) is 0 Å². The van der Waals surface area contributed by atoms with Crippen molar-refractivity contribution in [2.75, 3.05) is 24.8 Å². The predicted octanol–water partition coefficient (Wildman–Crippen LogP) is 6.40. The van der Waals surface area contributed by atoms with Crippen molar-refractivity contribution >= 4 is 35.3 Å². The largest absolute Gasteiger partial charge is 0.481 e. The van der Waals surface area contributed by atoms with Crippen LogP contribution < -0.4 is 0 Å². The summed E-state index contributed by atoms with van der Waals surface area (Å²) < 4.78 is 5.95. The maximum Gasteiger partial charge on any atom is 0.410 e. The first-order chi connectivity index (χ1) is 17.6. The van der Waals surface area contributed by atoms with Crippen LogP contribution >= 0.6 is 23.2 Å². The molecule has 2 N–H and O–H groups in total. The molecule has 10 atom stereocenters. The lowest BCUT2D eigenvalue weighted by atomic mass is 9.43. The summed E-state index contributed by atoms with van der Waals surface area (Å²) in [6.07, 6.45) is 8.39. The lowest BCUT2D eigenvalue weighted by molar-refractivity contribution is -0.175. The molecule has 4 aliphatic carbocycles. The molecule has 8 heteroatoms. The number of alkyl halides is 2. The SMILES string of the molecule is C[C@H](CCC(=O)O)[C@H]1CC[C@H]2[C@@H]3CC[C@@H]4C[C@H](OC(=O)N(CCCl)CCCl)CC[C@]4(C)[C@H]3C[C@H](O)[C@]12C. The zero-order valence-electron chi connectivity index (χ0n) is 22.8. The second kappa shape index (κ2) is 11.8. The molecule has 0 aromatic rings. The third kappa shape index (κ3) is 5.50. The summed E-state index contributed by atoms with van der Waals surface area (Å²) in [6, 6.07) is 0. The number of aliphatic carboxylic acids is 1. The minimum Gasteiger partial charge on any atom is -0.481 e. The molecular weight excluding hydrogens is 513 g/mol. The van der Waals surface area contributed by atoms with Crippen LogP contribution in [0.25, 0.3) is 0 Å². The van der Waals surface area contributed by atoms with E-state index in [0.717, 1.165) is 44.9 Å². The number of carboxylic acid groups (broad SMARTS) is 1. The van der Waals surface area contributed by atoms with E-state index in [-0.39, 0.29) is 35.6 Å². The van der Waals surface area contributed by atoms with Gasteiger partial charge in [0.15, 0.2) is 0 Å². The fourth-order valence-corrected chi connectivity index (χ4v) is 9.93. The molecule has 1 amide bonds. The molecule has 0 bridgehead atoms. The number of ether oxygens (including phenoxy) is 1. The van der Waals surface area contributed by atoms with Crippen molar-refractivity contribution in [1.82, 2.24) is 4.90 Å². The number of rotatable bonds is 9. The minimum atomic E-state index is -0.728. The van der Waals surface area contributed by atoms with E-state index in [2.05, 4.69) is 20.8 Å². The number of carbonyl (C=O) groups is 2. The molecular formula is C29H47Cl2NO5. The first-order valence-corrected chi connectivity index (χ1v) is 15.6. The smallest absolute Gasteiger partial charge is 0.410 e. The Kier molecular flexibility index (Phi) is 9.33. The van der Waals surface area contributed by atoms with Crippen molar-refractivity contribution in [3.05, 3.63) is 0 Å². The molecule has 0 saturated heterocycles. The average Bonchev–Trinajstić information content (AvgIpc) is 3.22. The normalized spacial score (nSPS) is 41.7. The zero-order valence-corrected chi connectivity index (χ0v) is 24.4. The summed E-state index contributed by atoms with van der Waals surface area (Å²) in [6.45, 7) is 7.84. The summed E-state index contributed by atoms with van der Waals surface area (Å²) in [4.78, 5) is 25.5. The molecule has 4 aliphatic rings. The maximum absolute atomic E-state index is 12.8. The molecule has 0 aromatic carbocycles. The van der Waals surface area contributed by atoms with Gasteiger partial charge in [-0.25, -0.2) is 4.79 Å². The fourth-order valence-electron chi connectivity index (χ4n) is 9.52. The van der Waals surface area contributed by atoms with Gasteiger partial charge in [0.1, 0.15) is 6.10 Å². The molecule has 37 heavy (non-hydrogen) atoms. The number of carboxylic acids is 1. The number of aliphatic hydroxyl groups excluding tert-OH is 1. The van der Waals surface area contributed by atoms with Gasteiger partial charge in [0, 0.05) is 31.3 Å². The van der Waals surface area contributed by atoms with Crippen LogP contribution in [-0.4, -0.2) is 64.2 Å². The van der Waals surface area contributed by atoms with Crippen molar-refractivity contribution in [1.29, 1.82) is 0 Å². The summed E-state index contributed by atoms with van der Waals surface area (Å²) in [5.41, 5.74) is 0.0381. The van der Waals surface area contributed by atoms with E-state index in [1.54, 1.807) is 4.90 Å². The Labute approximate surface area is 232 Å². The Morgan fingerprint density at radius 3 is 2.38 bits per heavy atom. The Morgan fingerprint density at radius 2 is 1.73 bits per heavy atom. The van der Waals surface area contributed by atoms with E-state index in [1.165, 1.54) is 6.42 Å². The molecule has 0 aliphatic heterocycles. The van der Waals surface area contributed by atoms with E-state index in [0.29, 0.717) is 66.8 Å². The molecule has 212 valence electrons. The van der Waals surface area contributed by atoms with Gasteiger partial charge in [0.05, 0.1) is 6.10 Å². The van der Waals surface area contributed by atoms with Crippen LogP contribution in [0.5, 0.6) is 0 Å². The molecule has 4 fully saturated rings. The van der Waals surface area contributed by atoms with Crippen molar-refractivity contribution in [2.45, 2.75) is 97.2 Å². The van der Waals surface area contributed by atoms with Gasteiger partial charge in [0.2, 0.25) is 0 Å². The molecule has 4 saturated carbocycles. The van der Waals surface area contributed by atoms with Gasteiger partial charge in [-0.1, -0.05) is 20.8 Å². The molecule has 0 radical (unpaired) electrons. The second-order valence-electron chi connectivity index (χ2n) is 13.0. The van der Waals surface area contributed by atoms with Crippen LogP contribution in [0.4, 0.5) is 4.79 Å². The maximum atomic E-state index is 12.8. The quantitative estimate of drug-likeness (QED) is 0.319. The third-order valence-electron chi connectivity index (χ3n) is 11.5. The Bertz CT molecular complexity index is 822. The molecule has 6 nitrogen and oxygen atoms in total. The van der Waals surface area contributed by atoms with Gasteiger partial charge in [-0.05, 0) is 104 Å². The summed E-state index contributed by atoms with van der Waals surface area (Å²) in [5.74, 6) is 2.81. The number of amides is 1. The van der Waals surface area contributed by atoms with Gasteiger partial charge in [-0.15, -0.1) is 23.2 Å². The number of hydrogen-bond acceptors (Lipinski definition) is 4. The van der Waals surface area contributed by atoms with Crippen molar-refractivity contribution in [3.63, 3.8) is 0 Å². The fraction of sp³-hybridized carbons (Fsp3) is 0.931. The van der Waals surface area contributed by atoms with Gasteiger partial charge in [-0.3, -0.25) is 4.79 Å². The number of hydrogen-bond donors (Lipinski definition) is 2. The number of carbonyl (C=O) groups excluding carboxylic acids is 1. The van der Waals surface area contributed by atoms with Crippen LogP contribution in [-0.2, 0) is 9.53 Å². The van der Waals surface area contributed by atoms with Crippen molar-refractivity contribution < 1.29 is 24.5 Å². The molecule has 4 rings (SSSR count). The van der Waals surface area contributed by atoms with Crippen LogP contribution in [0.15, 0.2) is 0 Å². The average molecular weight is 561 g/mol. The number of aliphatic hydroxyl groups is 1. The van der Waals surface area contributed by atoms with E-state index < -0.39 is 5.97 Å². The van der Waals surface area contributed by atoms with E-state index in [9.17, 15) is 19.8 Å². The summed E-state index contributed by atoms with van der Waals surface area (Å²) >= 11 is 11.7. The lowest BCUT2D eigenvalue weighted by Gasteiger charge is -2.62. The second-order valence-corrected chi connectivity index (χ2v) is 13.8. The zero-order chi connectivity index (χ0) is 27.0.